The second-order valence-electron chi connectivity index (χ2n) is 5.18. The van der Waals surface area contributed by atoms with Crippen molar-refractivity contribution in [3.05, 3.63) is 35.1 Å². The predicted octanol–water partition coefficient (Wildman–Crippen LogP) is 1.17. The summed E-state index contributed by atoms with van der Waals surface area (Å²) in [7, 11) is 1.78. The minimum atomic E-state index is -0.320. The number of rotatable bonds is 6. The molecule has 0 aliphatic heterocycles. The molecule has 1 amide bonds. The summed E-state index contributed by atoms with van der Waals surface area (Å²) in [4.78, 5) is 13.7. The van der Waals surface area contributed by atoms with Crippen molar-refractivity contribution in [2.24, 2.45) is 5.73 Å². The number of hydrogen-bond donors (Lipinski definition) is 2. The maximum Gasteiger partial charge on any atom is 0.234 e. The number of carbonyl (C=O) groups is 1. The van der Waals surface area contributed by atoms with Crippen LogP contribution in [-0.4, -0.2) is 35.4 Å². The lowest BCUT2D eigenvalue weighted by atomic mass is 10.1. The molecule has 20 heavy (non-hydrogen) atoms. The zero-order chi connectivity index (χ0) is 14.7. The Morgan fingerprint density at radius 2 is 2.25 bits per heavy atom. The second kappa shape index (κ2) is 6.28. The number of amides is 1. The lowest BCUT2D eigenvalue weighted by Crippen LogP contribution is -2.36. The fourth-order valence-corrected chi connectivity index (χ4v) is 2.07. The number of likely N-dealkylation sites (N-methyl/N-ethyl adjacent to an activating group) is 1. The molecule has 0 saturated heterocycles. The van der Waals surface area contributed by atoms with Crippen LogP contribution in [0.3, 0.4) is 0 Å². The van der Waals surface area contributed by atoms with Crippen molar-refractivity contribution in [1.29, 1.82) is 0 Å². The van der Waals surface area contributed by atoms with Gasteiger partial charge in [-0.2, -0.15) is 0 Å². The average molecular weight is 295 g/mol. The van der Waals surface area contributed by atoms with E-state index in [9.17, 15) is 9.18 Å². The minimum absolute atomic E-state index is 0.0269. The maximum atomic E-state index is 13.7. The van der Waals surface area contributed by atoms with Crippen LogP contribution >= 0.6 is 12.2 Å². The van der Waals surface area contributed by atoms with Gasteiger partial charge in [-0.05, 0) is 38.1 Å². The van der Waals surface area contributed by atoms with E-state index in [0.717, 1.165) is 12.8 Å². The third-order valence-electron chi connectivity index (χ3n) is 3.13. The van der Waals surface area contributed by atoms with Gasteiger partial charge in [0.25, 0.3) is 0 Å². The quantitative estimate of drug-likeness (QED) is 0.774. The number of nitrogens with one attached hydrogen (secondary N) is 1. The van der Waals surface area contributed by atoms with Crippen LogP contribution in [0.4, 0.5) is 4.39 Å². The summed E-state index contributed by atoms with van der Waals surface area (Å²) < 4.78 is 13.7. The van der Waals surface area contributed by atoms with Gasteiger partial charge in [0.15, 0.2) is 0 Å². The van der Waals surface area contributed by atoms with E-state index in [1.54, 1.807) is 24.1 Å². The van der Waals surface area contributed by atoms with E-state index in [4.69, 9.17) is 18.0 Å². The van der Waals surface area contributed by atoms with Crippen molar-refractivity contribution in [3.8, 4) is 0 Å². The van der Waals surface area contributed by atoms with E-state index in [1.165, 1.54) is 6.07 Å². The molecule has 0 radical (unpaired) electrons. The molecule has 1 aliphatic carbocycles. The molecule has 4 nitrogen and oxygen atoms in total. The molecular formula is C14H18FN3OS. The van der Waals surface area contributed by atoms with E-state index in [2.05, 4.69) is 5.32 Å². The molecule has 3 N–H and O–H groups in total. The van der Waals surface area contributed by atoms with E-state index in [-0.39, 0.29) is 23.3 Å². The summed E-state index contributed by atoms with van der Waals surface area (Å²) in [5.74, 6) is -0.347. The fourth-order valence-electron chi connectivity index (χ4n) is 1.94. The van der Waals surface area contributed by atoms with E-state index in [0.29, 0.717) is 23.7 Å². The predicted molar refractivity (Wildman–Crippen MR) is 79.8 cm³/mol. The fraction of sp³-hybridized carbons (Fsp3) is 0.429. The number of hydrogen-bond acceptors (Lipinski definition) is 3. The van der Waals surface area contributed by atoms with Crippen LogP contribution in [-0.2, 0) is 11.3 Å². The Labute approximate surface area is 123 Å². The SMILES string of the molecule is CN(CC(=O)NC1CC1)Cc1cc(C(N)=S)ccc1F. The van der Waals surface area contributed by atoms with Crippen LogP contribution in [0.15, 0.2) is 18.2 Å². The minimum Gasteiger partial charge on any atom is -0.389 e. The van der Waals surface area contributed by atoms with Crippen molar-refractivity contribution in [3.63, 3.8) is 0 Å². The second-order valence-corrected chi connectivity index (χ2v) is 5.62. The summed E-state index contributed by atoms with van der Waals surface area (Å²) in [6, 6.07) is 4.88. The number of thiocarbonyl (C=S) groups is 1. The topological polar surface area (TPSA) is 58.4 Å². The van der Waals surface area contributed by atoms with Crippen LogP contribution in [0.2, 0.25) is 0 Å². The van der Waals surface area contributed by atoms with Gasteiger partial charge in [0.05, 0.1) is 6.54 Å². The Kier molecular flexibility index (Phi) is 4.67. The third-order valence-corrected chi connectivity index (χ3v) is 3.36. The van der Waals surface area contributed by atoms with Gasteiger partial charge in [-0.3, -0.25) is 9.69 Å². The molecule has 2 rings (SSSR count). The normalized spacial score (nSPS) is 14.3. The van der Waals surface area contributed by atoms with Crippen molar-refractivity contribution < 1.29 is 9.18 Å². The lowest BCUT2D eigenvalue weighted by molar-refractivity contribution is -0.122. The Hall–Kier alpha value is -1.53. The molecule has 0 atom stereocenters. The molecule has 1 fully saturated rings. The summed E-state index contributed by atoms with van der Waals surface area (Å²) in [5.41, 5.74) is 6.65. The number of nitrogens with two attached hydrogens (primary N) is 1. The van der Waals surface area contributed by atoms with Crippen molar-refractivity contribution in [2.45, 2.75) is 25.4 Å². The molecule has 0 aromatic heterocycles. The van der Waals surface area contributed by atoms with Gasteiger partial charge in [0.2, 0.25) is 5.91 Å². The number of benzene rings is 1. The van der Waals surface area contributed by atoms with Crippen molar-refractivity contribution >= 4 is 23.1 Å². The monoisotopic (exact) mass is 295 g/mol. The molecule has 1 aromatic rings. The standard InChI is InChI=1S/C14H18FN3OS/c1-18(8-13(19)17-11-3-4-11)7-10-6-9(14(16)20)2-5-12(10)15/h2,5-6,11H,3-4,7-8H2,1H3,(H2,16,20)(H,17,19). The lowest BCUT2D eigenvalue weighted by Gasteiger charge is -2.17. The molecule has 1 aliphatic rings. The molecule has 0 bridgehead atoms. The van der Waals surface area contributed by atoms with Gasteiger partial charge in [-0.1, -0.05) is 12.2 Å². The zero-order valence-corrected chi connectivity index (χ0v) is 12.2. The molecule has 108 valence electrons. The van der Waals surface area contributed by atoms with Gasteiger partial charge in [0.1, 0.15) is 10.8 Å². The third kappa shape index (κ3) is 4.25. The van der Waals surface area contributed by atoms with Gasteiger partial charge >= 0.3 is 0 Å². The van der Waals surface area contributed by atoms with Crippen LogP contribution in [0, 0.1) is 5.82 Å². The Morgan fingerprint density at radius 3 is 2.85 bits per heavy atom. The molecule has 0 heterocycles. The van der Waals surface area contributed by atoms with Gasteiger partial charge < -0.3 is 11.1 Å². The Balaban J connectivity index is 1.95. The number of halogens is 1. The van der Waals surface area contributed by atoms with E-state index >= 15 is 0 Å². The number of carbonyl (C=O) groups excluding carboxylic acids is 1. The van der Waals surface area contributed by atoms with Crippen LogP contribution in [0.25, 0.3) is 0 Å². The Morgan fingerprint density at radius 1 is 1.55 bits per heavy atom. The first-order valence-corrected chi connectivity index (χ1v) is 6.92. The first-order chi connectivity index (χ1) is 9.45. The summed E-state index contributed by atoms with van der Waals surface area (Å²) >= 11 is 4.88. The smallest absolute Gasteiger partial charge is 0.234 e. The molecule has 0 unspecified atom stereocenters. The maximum absolute atomic E-state index is 13.7. The number of nitrogens with zero attached hydrogens (tertiary/aromatic N) is 1. The van der Waals surface area contributed by atoms with Crippen LogP contribution < -0.4 is 11.1 Å². The average Bonchev–Trinajstić information content (AvgIpc) is 3.15. The van der Waals surface area contributed by atoms with Gasteiger partial charge in [-0.15, -0.1) is 0 Å². The largest absolute Gasteiger partial charge is 0.389 e. The van der Waals surface area contributed by atoms with E-state index < -0.39 is 0 Å². The van der Waals surface area contributed by atoms with Crippen molar-refractivity contribution in [2.75, 3.05) is 13.6 Å². The van der Waals surface area contributed by atoms with Crippen molar-refractivity contribution in [1.82, 2.24) is 10.2 Å². The Bertz CT molecular complexity index is 531. The van der Waals surface area contributed by atoms with Gasteiger partial charge in [0, 0.05) is 23.7 Å². The molecule has 1 saturated carbocycles. The highest BCUT2D eigenvalue weighted by Gasteiger charge is 2.23. The highest BCUT2D eigenvalue weighted by molar-refractivity contribution is 7.80. The zero-order valence-electron chi connectivity index (χ0n) is 11.4. The van der Waals surface area contributed by atoms with Crippen LogP contribution in [0.1, 0.15) is 24.0 Å². The molecule has 1 aromatic carbocycles. The van der Waals surface area contributed by atoms with Crippen LogP contribution in [0.5, 0.6) is 0 Å². The molecule has 6 heteroatoms. The first kappa shape index (κ1) is 14.9. The summed E-state index contributed by atoms with van der Waals surface area (Å²) in [6.07, 6.45) is 2.11. The van der Waals surface area contributed by atoms with Gasteiger partial charge in [-0.25, -0.2) is 4.39 Å². The molecule has 0 spiro atoms. The highest BCUT2D eigenvalue weighted by Crippen LogP contribution is 2.18. The first-order valence-electron chi connectivity index (χ1n) is 6.52. The molecular weight excluding hydrogens is 277 g/mol. The summed E-state index contributed by atoms with van der Waals surface area (Å²) in [5, 5.41) is 2.90. The highest BCUT2D eigenvalue weighted by atomic mass is 32.1. The summed E-state index contributed by atoms with van der Waals surface area (Å²) in [6.45, 7) is 0.577. The van der Waals surface area contributed by atoms with E-state index in [1.807, 2.05) is 0 Å².